The van der Waals surface area contributed by atoms with Crippen molar-refractivity contribution < 1.29 is 4.74 Å². The molecule has 0 spiro atoms. The van der Waals surface area contributed by atoms with Crippen molar-refractivity contribution in [3.05, 3.63) is 28.3 Å². The molecule has 0 radical (unpaired) electrons. The molecule has 0 fully saturated rings. The molecular weight excluding hydrogens is 222 g/mol. The first-order valence-corrected chi connectivity index (χ1v) is 6.33. The Bertz CT molecular complexity index is 365. The van der Waals surface area contributed by atoms with E-state index in [0.717, 1.165) is 56.0 Å². The summed E-state index contributed by atoms with van der Waals surface area (Å²) in [7, 11) is 0. The van der Waals surface area contributed by atoms with E-state index in [1.807, 2.05) is 6.07 Å². The van der Waals surface area contributed by atoms with Gasteiger partial charge in [0.15, 0.2) is 0 Å². The molecule has 0 aromatic heterocycles. The molecule has 0 amide bonds. The standard InChI is InChI=1S/C13H18ClNO/c14-12-9-10(4-1-2-6-15)8-11-5-3-7-16-13(11)12/h8-9H,1-7,15H2. The Kier molecular flexibility index (Phi) is 4.08. The van der Waals surface area contributed by atoms with Crippen LogP contribution in [0.1, 0.15) is 30.4 Å². The maximum Gasteiger partial charge on any atom is 0.141 e. The number of halogens is 1. The summed E-state index contributed by atoms with van der Waals surface area (Å²) >= 11 is 6.21. The summed E-state index contributed by atoms with van der Waals surface area (Å²) in [6.07, 6.45) is 5.44. The van der Waals surface area contributed by atoms with E-state index in [1.54, 1.807) is 0 Å². The van der Waals surface area contributed by atoms with E-state index in [-0.39, 0.29) is 0 Å². The zero-order valence-electron chi connectivity index (χ0n) is 9.47. The number of unbranched alkanes of at least 4 members (excludes halogenated alkanes) is 1. The molecule has 0 bridgehead atoms. The molecule has 3 heteroatoms. The first-order valence-electron chi connectivity index (χ1n) is 5.95. The number of rotatable bonds is 4. The molecule has 0 unspecified atom stereocenters. The van der Waals surface area contributed by atoms with Gasteiger partial charge in [-0.3, -0.25) is 0 Å². The van der Waals surface area contributed by atoms with Crippen LogP contribution in [0.4, 0.5) is 0 Å². The van der Waals surface area contributed by atoms with Crippen molar-refractivity contribution in [3.8, 4) is 5.75 Å². The molecule has 0 saturated carbocycles. The Labute approximate surface area is 102 Å². The zero-order chi connectivity index (χ0) is 11.4. The highest BCUT2D eigenvalue weighted by atomic mass is 35.5. The second kappa shape index (κ2) is 5.55. The van der Waals surface area contributed by atoms with E-state index in [1.165, 1.54) is 11.1 Å². The molecule has 1 aromatic carbocycles. The Morgan fingerprint density at radius 1 is 1.31 bits per heavy atom. The van der Waals surface area contributed by atoms with Crippen molar-refractivity contribution in [3.63, 3.8) is 0 Å². The Morgan fingerprint density at radius 3 is 3.00 bits per heavy atom. The van der Waals surface area contributed by atoms with Crippen molar-refractivity contribution in [1.29, 1.82) is 0 Å². The quantitative estimate of drug-likeness (QED) is 0.820. The summed E-state index contributed by atoms with van der Waals surface area (Å²) in [4.78, 5) is 0. The number of benzene rings is 1. The van der Waals surface area contributed by atoms with Crippen LogP contribution in [0.2, 0.25) is 5.02 Å². The third kappa shape index (κ3) is 2.69. The molecule has 1 aromatic rings. The summed E-state index contributed by atoms with van der Waals surface area (Å²) < 4.78 is 5.58. The molecule has 88 valence electrons. The highest BCUT2D eigenvalue weighted by Crippen LogP contribution is 2.34. The molecule has 2 N–H and O–H groups in total. The molecule has 0 aliphatic carbocycles. The summed E-state index contributed by atoms with van der Waals surface area (Å²) in [6, 6.07) is 4.26. The van der Waals surface area contributed by atoms with Crippen molar-refractivity contribution >= 4 is 11.6 Å². The summed E-state index contributed by atoms with van der Waals surface area (Å²) in [5, 5.41) is 0.764. The van der Waals surface area contributed by atoms with Gasteiger partial charge in [-0.05, 0) is 55.8 Å². The lowest BCUT2D eigenvalue weighted by Crippen LogP contribution is -2.09. The molecule has 2 nitrogen and oxygen atoms in total. The van der Waals surface area contributed by atoms with E-state index in [0.29, 0.717) is 0 Å². The fourth-order valence-corrected chi connectivity index (χ4v) is 2.43. The number of fused-ring (bicyclic) bond motifs is 1. The first-order chi connectivity index (χ1) is 7.81. The van der Waals surface area contributed by atoms with Crippen LogP contribution in [0, 0.1) is 0 Å². The van der Waals surface area contributed by atoms with Gasteiger partial charge in [0.05, 0.1) is 11.6 Å². The highest BCUT2D eigenvalue weighted by molar-refractivity contribution is 6.32. The van der Waals surface area contributed by atoms with Crippen LogP contribution in [0.25, 0.3) is 0 Å². The van der Waals surface area contributed by atoms with Crippen LogP contribution < -0.4 is 10.5 Å². The molecule has 1 aliphatic heterocycles. The molecule has 0 saturated heterocycles. The number of hydrogen-bond acceptors (Lipinski definition) is 2. The van der Waals surface area contributed by atoms with Gasteiger partial charge in [-0.2, -0.15) is 0 Å². The van der Waals surface area contributed by atoms with Crippen LogP contribution in [0.5, 0.6) is 5.75 Å². The largest absolute Gasteiger partial charge is 0.492 e. The molecule has 1 heterocycles. The van der Waals surface area contributed by atoms with Crippen LogP contribution >= 0.6 is 11.6 Å². The second-order valence-corrected chi connectivity index (χ2v) is 4.67. The normalized spacial score (nSPS) is 14.4. The first kappa shape index (κ1) is 11.7. The molecule has 16 heavy (non-hydrogen) atoms. The third-order valence-electron chi connectivity index (χ3n) is 2.94. The van der Waals surface area contributed by atoms with Gasteiger partial charge >= 0.3 is 0 Å². The van der Waals surface area contributed by atoms with Gasteiger partial charge in [0.2, 0.25) is 0 Å². The van der Waals surface area contributed by atoms with E-state index < -0.39 is 0 Å². The van der Waals surface area contributed by atoms with Gasteiger partial charge in [-0.25, -0.2) is 0 Å². The lowest BCUT2D eigenvalue weighted by molar-refractivity contribution is 0.288. The summed E-state index contributed by atoms with van der Waals surface area (Å²) in [5.74, 6) is 0.899. The average molecular weight is 240 g/mol. The predicted molar refractivity (Wildman–Crippen MR) is 67.3 cm³/mol. The fraction of sp³-hybridized carbons (Fsp3) is 0.538. The number of hydrogen-bond donors (Lipinski definition) is 1. The van der Waals surface area contributed by atoms with Gasteiger partial charge in [-0.15, -0.1) is 0 Å². The zero-order valence-corrected chi connectivity index (χ0v) is 10.2. The lowest BCUT2D eigenvalue weighted by atomic mass is 10.0. The van der Waals surface area contributed by atoms with Crippen LogP contribution in [-0.4, -0.2) is 13.2 Å². The number of ether oxygens (including phenoxy) is 1. The maximum atomic E-state index is 6.21. The van der Waals surface area contributed by atoms with Gasteiger partial charge in [0.25, 0.3) is 0 Å². The fourth-order valence-electron chi connectivity index (χ4n) is 2.11. The average Bonchev–Trinajstić information content (AvgIpc) is 2.30. The Hall–Kier alpha value is -0.730. The second-order valence-electron chi connectivity index (χ2n) is 4.26. The van der Waals surface area contributed by atoms with E-state index in [2.05, 4.69) is 6.07 Å². The SMILES string of the molecule is NCCCCc1cc(Cl)c2c(c1)CCCO2. The number of aryl methyl sites for hydroxylation is 2. The van der Waals surface area contributed by atoms with Crippen LogP contribution in [0.15, 0.2) is 12.1 Å². The monoisotopic (exact) mass is 239 g/mol. The Morgan fingerprint density at radius 2 is 2.19 bits per heavy atom. The minimum Gasteiger partial charge on any atom is -0.492 e. The molecule has 0 atom stereocenters. The molecular formula is C13H18ClNO. The highest BCUT2D eigenvalue weighted by Gasteiger charge is 2.14. The molecule has 1 aliphatic rings. The van der Waals surface area contributed by atoms with Crippen molar-refractivity contribution in [2.45, 2.75) is 32.1 Å². The predicted octanol–water partition coefficient (Wildman–Crippen LogP) is 2.95. The maximum absolute atomic E-state index is 6.21. The lowest BCUT2D eigenvalue weighted by Gasteiger charge is -2.19. The van der Waals surface area contributed by atoms with Gasteiger partial charge < -0.3 is 10.5 Å². The van der Waals surface area contributed by atoms with E-state index in [9.17, 15) is 0 Å². The van der Waals surface area contributed by atoms with Crippen molar-refractivity contribution in [2.75, 3.05) is 13.2 Å². The minimum atomic E-state index is 0.764. The topological polar surface area (TPSA) is 35.2 Å². The van der Waals surface area contributed by atoms with E-state index in [4.69, 9.17) is 22.1 Å². The van der Waals surface area contributed by atoms with Gasteiger partial charge in [0, 0.05) is 0 Å². The smallest absolute Gasteiger partial charge is 0.141 e. The van der Waals surface area contributed by atoms with Crippen molar-refractivity contribution in [2.24, 2.45) is 5.73 Å². The van der Waals surface area contributed by atoms with Crippen molar-refractivity contribution in [1.82, 2.24) is 0 Å². The Balaban J connectivity index is 2.12. The van der Waals surface area contributed by atoms with Gasteiger partial charge in [0.1, 0.15) is 5.75 Å². The third-order valence-corrected chi connectivity index (χ3v) is 3.22. The summed E-state index contributed by atoms with van der Waals surface area (Å²) in [6.45, 7) is 1.56. The number of nitrogens with two attached hydrogens (primary N) is 1. The molecule has 2 rings (SSSR count). The van der Waals surface area contributed by atoms with Gasteiger partial charge in [-0.1, -0.05) is 17.7 Å². The van der Waals surface area contributed by atoms with Crippen LogP contribution in [0.3, 0.4) is 0 Å². The van der Waals surface area contributed by atoms with Crippen LogP contribution in [-0.2, 0) is 12.8 Å². The summed E-state index contributed by atoms with van der Waals surface area (Å²) in [5.41, 5.74) is 8.06. The van der Waals surface area contributed by atoms with E-state index >= 15 is 0 Å². The minimum absolute atomic E-state index is 0.764.